The van der Waals surface area contributed by atoms with E-state index in [1.165, 1.54) is 0 Å². The third kappa shape index (κ3) is 7.36. The molecule has 0 aliphatic carbocycles. The van der Waals surface area contributed by atoms with Crippen LogP contribution in [-0.4, -0.2) is 75.9 Å². The lowest BCUT2D eigenvalue weighted by Gasteiger charge is -2.33. The highest BCUT2D eigenvalue weighted by molar-refractivity contribution is 5.80. The summed E-state index contributed by atoms with van der Waals surface area (Å²) in [6, 6.07) is 4.21. The monoisotopic (exact) mass is 406 g/mol. The van der Waals surface area contributed by atoms with Crippen LogP contribution in [0.5, 0.6) is 0 Å². The van der Waals surface area contributed by atoms with Crippen molar-refractivity contribution in [2.24, 2.45) is 10.9 Å². The molecule has 0 aromatic carbocycles. The average molecular weight is 407 g/mol. The number of nitrogens with one attached hydrogen (secondary N) is 2. The van der Waals surface area contributed by atoms with Crippen molar-refractivity contribution >= 4 is 11.9 Å². The summed E-state index contributed by atoms with van der Waals surface area (Å²) in [6.45, 7) is 5.19. The second-order valence-electron chi connectivity index (χ2n) is 7.72. The van der Waals surface area contributed by atoms with Gasteiger partial charge >= 0.3 is 0 Å². The van der Waals surface area contributed by atoms with Gasteiger partial charge in [-0.25, -0.2) is 0 Å². The first-order valence-electron chi connectivity index (χ1n) is 10.7. The average Bonchev–Trinajstić information content (AvgIpc) is 3.45. The number of hydrogen-bond donors (Lipinski definition) is 2. The van der Waals surface area contributed by atoms with Gasteiger partial charge in [0.1, 0.15) is 5.76 Å². The van der Waals surface area contributed by atoms with Crippen molar-refractivity contribution in [3.8, 4) is 0 Å². The summed E-state index contributed by atoms with van der Waals surface area (Å²) in [5.41, 5.74) is 0. The quantitative estimate of drug-likeness (QED) is 0.476. The standard InChI is InChI=1S/C21H34N4O4/c1-27-13-8-20(26)25-10-5-18(6-11-25)24-21(23-15-17-7-14-28-16-17)22-9-4-19-3-2-12-29-19/h2-3,12,17-18H,4-11,13-16H2,1H3,(H2,22,23,24). The van der Waals surface area contributed by atoms with Crippen molar-refractivity contribution in [2.45, 2.75) is 38.1 Å². The van der Waals surface area contributed by atoms with E-state index in [0.29, 0.717) is 25.0 Å². The van der Waals surface area contributed by atoms with Crippen molar-refractivity contribution in [3.05, 3.63) is 24.2 Å². The lowest BCUT2D eigenvalue weighted by molar-refractivity contribution is -0.133. The van der Waals surface area contributed by atoms with Gasteiger partial charge in [-0.2, -0.15) is 0 Å². The number of carbonyl (C=O) groups excluding carboxylic acids is 1. The smallest absolute Gasteiger partial charge is 0.224 e. The summed E-state index contributed by atoms with van der Waals surface area (Å²) in [7, 11) is 1.63. The van der Waals surface area contributed by atoms with E-state index in [1.807, 2.05) is 17.0 Å². The number of guanidine groups is 1. The topological polar surface area (TPSA) is 88.3 Å². The Morgan fingerprint density at radius 1 is 1.34 bits per heavy atom. The summed E-state index contributed by atoms with van der Waals surface area (Å²) < 4.78 is 15.9. The Bertz CT molecular complexity index is 621. The number of hydrogen-bond acceptors (Lipinski definition) is 5. The highest BCUT2D eigenvalue weighted by Crippen LogP contribution is 2.13. The fraction of sp³-hybridized carbons (Fsp3) is 0.714. The molecule has 162 valence electrons. The molecule has 2 aliphatic rings. The van der Waals surface area contributed by atoms with Crippen LogP contribution in [0.3, 0.4) is 0 Å². The van der Waals surface area contributed by atoms with Crippen LogP contribution in [0.1, 0.15) is 31.4 Å². The highest BCUT2D eigenvalue weighted by Gasteiger charge is 2.23. The molecule has 0 bridgehead atoms. The number of nitrogens with zero attached hydrogens (tertiary/aromatic N) is 2. The molecule has 0 spiro atoms. The van der Waals surface area contributed by atoms with Gasteiger partial charge in [0, 0.05) is 58.3 Å². The van der Waals surface area contributed by atoms with Crippen LogP contribution in [0.4, 0.5) is 0 Å². The van der Waals surface area contributed by atoms with Gasteiger partial charge in [-0.3, -0.25) is 9.79 Å². The second-order valence-corrected chi connectivity index (χ2v) is 7.72. The number of methoxy groups -OCH3 is 1. The summed E-state index contributed by atoms with van der Waals surface area (Å²) in [6.07, 6.45) is 5.88. The molecule has 1 atom stereocenters. The van der Waals surface area contributed by atoms with Gasteiger partial charge in [0.2, 0.25) is 5.91 Å². The minimum atomic E-state index is 0.178. The van der Waals surface area contributed by atoms with Crippen LogP contribution in [0.15, 0.2) is 27.8 Å². The summed E-state index contributed by atoms with van der Waals surface area (Å²) in [4.78, 5) is 18.9. The van der Waals surface area contributed by atoms with Crippen LogP contribution >= 0.6 is 0 Å². The molecular weight excluding hydrogens is 372 g/mol. The number of furan rings is 1. The fourth-order valence-electron chi connectivity index (χ4n) is 3.67. The fourth-order valence-corrected chi connectivity index (χ4v) is 3.67. The number of ether oxygens (including phenoxy) is 2. The number of aliphatic imine (C=N–C) groups is 1. The van der Waals surface area contributed by atoms with E-state index in [0.717, 1.165) is 76.8 Å². The Balaban J connectivity index is 1.46. The molecule has 1 unspecified atom stereocenters. The first-order valence-corrected chi connectivity index (χ1v) is 10.7. The van der Waals surface area contributed by atoms with Crippen LogP contribution in [0.2, 0.25) is 0 Å². The number of likely N-dealkylation sites (tertiary alicyclic amines) is 1. The van der Waals surface area contributed by atoms with Crippen molar-refractivity contribution < 1.29 is 18.7 Å². The molecule has 2 saturated heterocycles. The maximum absolute atomic E-state index is 12.2. The molecule has 2 aliphatic heterocycles. The predicted octanol–water partition coefficient (Wildman–Crippen LogP) is 1.42. The summed E-state index contributed by atoms with van der Waals surface area (Å²) in [5.74, 6) is 2.48. The van der Waals surface area contributed by atoms with Gasteiger partial charge in [0.25, 0.3) is 0 Å². The normalized spacial score (nSPS) is 20.8. The van der Waals surface area contributed by atoms with Crippen LogP contribution in [0, 0.1) is 5.92 Å². The minimum absolute atomic E-state index is 0.178. The Hall–Kier alpha value is -2.06. The molecule has 29 heavy (non-hydrogen) atoms. The largest absolute Gasteiger partial charge is 0.469 e. The third-order valence-corrected chi connectivity index (χ3v) is 5.48. The second kappa shape index (κ2) is 11.8. The third-order valence-electron chi connectivity index (χ3n) is 5.48. The van der Waals surface area contributed by atoms with Gasteiger partial charge in [0.05, 0.1) is 25.9 Å². The zero-order chi connectivity index (χ0) is 20.3. The molecule has 2 N–H and O–H groups in total. The Kier molecular flexibility index (Phi) is 8.82. The molecular formula is C21H34N4O4. The van der Waals surface area contributed by atoms with Crippen molar-refractivity contribution in [1.29, 1.82) is 0 Å². The van der Waals surface area contributed by atoms with E-state index >= 15 is 0 Å². The number of rotatable bonds is 9. The van der Waals surface area contributed by atoms with E-state index in [1.54, 1.807) is 13.4 Å². The van der Waals surface area contributed by atoms with Crippen LogP contribution < -0.4 is 10.6 Å². The van der Waals surface area contributed by atoms with Gasteiger partial charge in [0.15, 0.2) is 5.96 Å². The van der Waals surface area contributed by atoms with E-state index in [9.17, 15) is 4.79 Å². The number of piperidine rings is 1. The molecule has 3 rings (SSSR count). The van der Waals surface area contributed by atoms with Gasteiger partial charge in [-0.05, 0) is 31.4 Å². The molecule has 3 heterocycles. The van der Waals surface area contributed by atoms with Crippen molar-refractivity contribution in [3.63, 3.8) is 0 Å². The van der Waals surface area contributed by atoms with E-state index in [2.05, 4.69) is 10.6 Å². The predicted molar refractivity (Wildman–Crippen MR) is 111 cm³/mol. The molecule has 8 nitrogen and oxygen atoms in total. The lowest BCUT2D eigenvalue weighted by Crippen LogP contribution is -2.50. The van der Waals surface area contributed by atoms with Gasteiger partial charge in [-0.15, -0.1) is 0 Å². The van der Waals surface area contributed by atoms with Gasteiger partial charge in [-0.1, -0.05) is 0 Å². The van der Waals surface area contributed by atoms with Crippen molar-refractivity contribution in [2.75, 3.05) is 53.1 Å². The first kappa shape index (κ1) is 21.6. The maximum atomic E-state index is 12.2. The minimum Gasteiger partial charge on any atom is -0.469 e. The van der Waals surface area contributed by atoms with E-state index in [4.69, 9.17) is 18.9 Å². The Labute approximate surface area is 173 Å². The molecule has 0 radical (unpaired) electrons. The number of amides is 1. The number of carbonyl (C=O) groups is 1. The molecule has 1 aromatic heterocycles. The summed E-state index contributed by atoms with van der Waals surface area (Å²) in [5, 5.41) is 7.00. The van der Waals surface area contributed by atoms with E-state index < -0.39 is 0 Å². The van der Waals surface area contributed by atoms with Gasteiger partial charge < -0.3 is 29.4 Å². The SMILES string of the molecule is COCCC(=O)N1CCC(NC(=NCC2CCOC2)NCCc2ccco2)CC1. The zero-order valence-electron chi connectivity index (χ0n) is 17.4. The highest BCUT2D eigenvalue weighted by atomic mass is 16.5. The van der Waals surface area contributed by atoms with Crippen LogP contribution in [-0.2, 0) is 20.7 Å². The van der Waals surface area contributed by atoms with Crippen molar-refractivity contribution in [1.82, 2.24) is 15.5 Å². The zero-order valence-corrected chi connectivity index (χ0v) is 17.4. The first-order chi connectivity index (χ1) is 14.2. The van der Waals surface area contributed by atoms with Crippen LogP contribution in [0.25, 0.3) is 0 Å². The lowest BCUT2D eigenvalue weighted by atomic mass is 10.0. The molecule has 1 amide bonds. The molecule has 2 fully saturated rings. The Morgan fingerprint density at radius 3 is 2.90 bits per heavy atom. The molecule has 0 saturated carbocycles. The molecule has 8 heteroatoms. The maximum Gasteiger partial charge on any atom is 0.224 e. The van der Waals surface area contributed by atoms with E-state index in [-0.39, 0.29) is 5.91 Å². The molecule has 1 aromatic rings. The Morgan fingerprint density at radius 2 is 2.21 bits per heavy atom. The summed E-state index contributed by atoms with van der Waals surface area (Å²) >= 11 is 0.